The smallest absolute Gasteiger partial charge is 0.249 e. The lowest BCUT2D eigenvalue weighted by molar-refractivity contribution is 1.07. The summed E-state index contributed by atoms with van der Waals surface area (Å²) in [6.07, 6.45) is 1.66. The quantitative estimate of drug-likeness (QED) is 0.678. The molecule has 0 atom stereocenters. The third kappa shape index (κ3) is 2.39. The van der Waals surface area contributed by atoms with Gasteiger partial charge < -0.3 is 16.0 Å². The van der Waals surface area contributed by atoms with Crippen LogP contribution in [0.15, 0.2) is 53.5 Å². The predicted octanol–water partition coefficient (Wildman–Crippen LogP) is 2.13. The number of fused-ring (bicyclic) bond motifs is 1. The van der Waals surface area contributed by atoms with E-state index in [0.29, 0.717) is 12.2 Å². The van der Waals surface area contributed by atoms with Crippen LogP contribution < -0.4 is 16.6 Å². The fourth-order valence-corrected chi connectivity index (χ4v) is 2.05. The van der Waals surface area contributed by atoms with E-state index in [1.165, 1.54) is 6.07 Å². The number of nitrogens with one attached hydrogen (secondary N) is 2. The lowest BCUT2D eigenvalue weighted by Gasteiger charge is -2.09. The topological polar surface area (TPSA) is 83.8 Å². The van der Waals surface area contributed by atoms with Crippen molar-refractivity contribution in [2.24, 2.45) is 5.73 Å². The van der Waals surface area contributed by atoms with Crippen molar-refractivity contribution >= 4 is 22.4 Å². The first-order chi connectivity index (χ1) is 9.76. The van der Waals surface area contributed by atoms with E-state index in [1.54, 1.807) is 12.3 Å². The lowest BCUT2D eigenvalue weighted by atomic mass is 10.2. The molecule has 5 nitrogen and oxygen atoms in total. The maximum absolute atomic E-state index is 11.3. The minimum atomic E-state index is -0.158. The van der Waals surface area contributed by atoms with Gasteiger partial charge in [-0.2, -0.15) is 0 Å². The second-order valence-electron chi connectivity index (χ2n) is 4.47. The van der Waals surface area contributed by atoms with Crippen LogP contribution in [0.5, 0.6) is 0 Å². The Hall–Kier alpha value is -2.66. The summed E-state index contributed by atoms with van der Waals surface area (Å²) in [4.78, 5) is 18.2. The Morgan fingerprint density at radius 1 is 1.10 bits per heavy atom. The van der Waals surface area contributed by atoms with Crippen molar-refractivity contribution in [1.82, 2.24) is 9.97 Å². The Kier molecular flexibility index (Phi) is 3.18. The van der Waals surface area contributed by atoms with Crippen molar-refractivity contribution in [2.45, 2.75) is 6.54 Å². The average Bonchev–Trinajstić information content (AvgIpc) is 2.48. The SMILES string of the molecule is NCc1ccc(Nc2ccnc3[nH]c(=O)ccc23)cc1. The maximum Gasteiger partial charge on any atom is 0.249 e. The lowest BCUT2D eigenvalue weighted by Crippen LogP contribution is -2.04. The number of nitrogens with zero attached hydrogens (tertiary/aromatic N) is 1. The monoisotopic (exact) mass is 266 g/mol. The Bertz CT molecular complexity index is 793. The molecule has 4 N–H and O–H groups in total. The number of rotatable bonds is 3. The number of aromatic amines is 1. The Balaban J connectivity index is 1.99. The minimum absolute atomic E-state index is 0.158. The van der Waals surface area contributed by atoms with E-state index < -0.39 is 0 Å². The van der Waals surface area contributed by atoms with Crippen LogP contribution in [0.25, 0.3) is 11.0 Å². The van der Waals surface area contributed by atoms with Gasteiger partial charge in [0.05, 0.1) is 5.69 Å². The van der Waals surface area contributed by atoms with Crippen molar-refractivity contribution in [3.63, 3.8) is 0 Å². The van der Waals surface area contributed by atoms with Crippen molar-refractivity contribution in [2.75, 3.05) is 5.32 Å². The highest BCUT2D eigenvalue weighted by Crippen LogP contribution is 2.23. The van der Waals surface area contributed by atoms with Gasteiger partial charge in [-0.15, -0.1) is 0 Å². The number of pyridine rings is 2. The van der Waals surface area contributed by atoms with Crippen LogP contribution in [0, 0.1) is 0 Å². The summed E-state index contributed by atoms with van der Waals surface area (Å²) in [5.41, 5.74) is 8.93. The van der Waals surface area contributed by atoms with Crippen LogP contribution in [0.2, 0.25) is 0 Å². The molecule has 2 aromatic heterocycles. The molecule has 3 rings (SSSR count). The van der Waals surface area contributed by atoms with Gasteiger partial charge in [0.2, 0.25) is 5.56 Å². The molecule has 5 heteroatoms. The van der Waals surface area contributed by atoms with E-state index in [9.17, 15) is 4.79 Å². The summed E-state index contributed by atoms with van der Waals surface area (Å²) in [7, 11) is 0. The number of benzene rings is 1. The first-order valence-electron chi connectivity index (χ1n) is 6.30. The zero-order valence-corrected chi connectivity index (χ0v) is 10.8. The van der Waals surface area contributed by atoms with Gasteiger partial charge in [-0.3, -0.25) is 4.79 Å². The molecule has 0 saturated carbocycles. The molecule has 20 heavy (non-hydrogen) atoms. The van der Waals surface area contributed by atoms with Gasteiger partial charge in [0, 0.05) is 29.9 Å². The first-order valence-corrected chi connectivity index (χ1v) is 6.30. The molecule has 0 radical (unpaired) electrons. The van der Waals surface area contributed by atoms with Crippen LogP contribution in [0.4, 0.5) is 11.4 Å². The van der Waals surface area contributed by atoms with Crippen molar-refractivity contribution in [3.8, 4) is 0 Å². The van der Waals surface area contributed by atoms with Crippen LogP contribution in [0.3, 0.4) is 0 Å². The molecule has 0 aliphatic carbocycles. The van der Waals surface area contributed by atoms with Gasteiger partial charge in [-0.25, -0.2) is 4.98 Å². The molecule has 0 unspecified atom stereocenters. The van der Waals surface area contributed by atoms with Gasteiger partial charge in [-0.05, 0) is 29.8 Å². The second kappa shape index (κ2) is 5.14. The molecule has 3 aromatic rings. The summed E-state index contributed by atoms with van der Waals surface area (Å²) in [5, 5.41) is 4.19. The third-order valence-corrected chi connectivity index (χ3v) is 3.10. The zero-order chi connectivity index (χ0) is 13.9. The summed E-state index contributed by atoms with van der Waals surface area (Å²) >= 11 is 0. The van der Waals surface area contributed by atoms with Crippen molar-refractivity contribution in [1.29, 1.82) is 0 Å². The number of aromatic nitrogens is 2. The third-order valence-electron chi connectivity index (χ3n) is 3.10. The molecule has 2 heterocycles. The number of H-pyrrole nitrogens is 1. The molecular formula is C15H14N4O. The van der Waals surface area contributed by atoms with Crippen molar-refractivity contribution < 1.29 is 0 Å². The van der Waals surface area contributed by atoms with E-state index >= 15 is 0 Å². The Morgan fingerprint density at radius 2 is 1.90 bits per heavy atom. The van der Waals surface area contributed by atoms with Crippen LogP contribution in [-0.4, -0.2) is 9.97 Å². The predicted molar refractivity (Wildman–Crippen MR) is 80.0 cm³/mol. The van der Waals surface area contributed by atoms with E-state index in [0.717, 1.165) is 22.3 Å². The fraction of sp³-hybridized carbons (Fsp3) is 0.0667. The largest absolute Gasteiger partial charge is 0.355 e. The summed E-state index contributed by atoms with van der Waals surface area (Å²) < 4.78 is 0. The number of hydrogen-bond acceptors (Lipinski definition) is 4. The zero-order valence-electron chi connectivity index (χ0n) is 10.8. The molecule has 0 spiro atoms. The van der Waals surface area contributed by atoms with Crippen LogP contribution in [0.1, 0.15) is 5.56 Å². The highest BCUT2D eigenvalue weighted by Gasteiger charge is 2.03. The molecule has 0 aliphatic rings. The van der Waals surface area contributed by atoms with E-state index in [4.69, 9.17) is 5.73 Å². The van der Waals surface area contributed by atoms with E-state index in [1.807, 2.05) is 30.3 Å². The van der Waals surface area contributed by atoms with E-state index in [-0.39, 0.29) is 5.56 Å². The fourth-order valence-electron chi connectivity index (χ4n) is 2.05. The molecule has 0 saturated heterocycles. The number of nitrogens with two attached hydrogens (primary N) is 1. The molecule has 0 bridgehead atoms. The number of hydrogen-bond donors (Lipinski definition) is 3. The highest BCUT2D eigenvalue weighted by atomic mass is 16.1. The first kappa shape index (κ1) is 12.4. The van der Waals surface area contributed by atoms with Gasteiger partial charge >= 0.3 is 0 Å². The van der Waals surface area contributed by atoms with Gasteiger partial charge in [0.1, 0.15) is 5.65 Å². The highest BCUT2D eigenvalue weighted by molar-refractivity contribution is 5.90. The van der Waals surface area contributed by atoms with Crippen molar-refractivity contribution in [3.05, 3.63) is 64.6 Å². The summed E-state index contributed by atoms with van der Waals surface area (Å²) in [6.45, 7) is 0.527. The van der Waals surface area contributed by atoms with Gasteiger partial charge in [0.25, 0.3) is 0 Å². The number of anilines is 2. The minimum Gasteiger partial charge on any atom is -0.355 e. The van der Waals surface area contributed by atoms with E-state index in [2.05, 4.69) is 15.3 Å². The second-order valence-corrected chi connectivity index (χ2v) is 4.47. The van der Waals surface area contributed by atoms with Crippen LogP contribution in [-0.2, 0) is 6.54 Å². The Morgan fingerprint density at radius 3 is 2.65 bits per heavy atom. The van der Waals surface area contributed by atoms with Gasteiger partial charge in [-0.1, -0.05) is 12.1 Å². The molecule has 1 aromatic carbocycles. The molecule has 100 valence electrons. The molecule has 0 fully saturated rings. The van der Waals surface area contributed by atoms with Gasteiger partial charge in [0.15, 0.2) is 0 Å². The van der Waals surface area contributed by atoms with Crippen LogP contribution >= 0.6 is 0 Å². The maximum atomic E-state index is 11.3. The average molecular weight is 266 g/mol. The Labute approximate surface area is 115 Å². The normalized spacial score (nSPS) is 10.7. The summed E-state index contributed by atoms with van der Waals surface area (Å²) in [5.74, 6) is 0. The molecule has 0 amide bonds. The standard InChI is InChI=1S/C15H14N4O/c16-9-10-1-3-11(4-2-10)18-13-7-8-17-15-12(13)5-6-14(20)19-15/h1-8H,9,16H2,(H2,17,18,19,20). The molecular weight excluding hydrogens is 252 g/mol. The molecule has 0 aliphatic heterocycles. The summed E-state index contributed by atoms with van der Waals surface area (Å²) in [6, 6.07) is 13.0.